The topological polar surface area (TPSA) is 111 Å². The minimum Gasteiger partial charge on any atom is -0.394 e. The molecule has 0 aliphatic carbocycles. The molecule has 1 aliphatic heterocycles. The Morgan fingerprint density at radius 1 is 1.65 bits per heavy atom. The van der Waals surface area contributed by atoms with Crippen LogP contribution in [0.25, 0.3) is 0 Å². The second kappa shape index (κ2) is 4.44. The molecule has 1 aromatic rings. The van der Waals surface area contributed by atoms with Crippen molar-refractivity contribution < 1.29 is 14.9 Å². The second-order valence-electron chi connectivity index (χ2n) is 4.14. The highest BCUT2D eigenvalue weighted by Crippen LogP contribution is 2.32. The number of aliphatic hydroxyl groups is 2. The maximum atomic E-state index is 11.6. The Hall–Kier alpha value is -1.44. The van der Waals surface area contributed by atoms with Gasteiger partial charge in [-0.3, -0.25) is 4.57 Å². The molecule has 0 radical (unpaired) electrons. The highest BCUT2D eigenvalue weighted by molar-refractivity contribution is 5.23. The van der Waals surface area contributed by atoms with Gasteiger partial charge >= 0.3 is 5.69 Å². The van der Waals surface area contributed by atoms with E-state index in [0.717, 1.165) is 0 Å². The summed E-state index contributed by atoms with van der Waals surface area (Å²) in [5, 5.41) is 19.0. The standard InChI is InChI=1S/C10H15N3O4/c1-5-6(4-14)17-9(8(5)15)13-3-2-7(11)12-10(13)16/h2-3,5-6,8-9,14-15H,4H2,1H3,(H2,11,12,16)/t5-,6?,8+,9-/m1/s1. The summed E-state index contributed by atoms with van der Waals surface area (Å²) in [6.45, 7) is 1.55. The first kappa shape index (κ1) is 12.0. The van der Waals surface area contributed by atoms with Crippen molar-refractivity contribution >= 4 is 5.82 Å². The summed E-state index contributed by atoms with van der Waals surface area (Å²) in [4.78, 5) is 15.2. The monoisotopic (exact) mass is 241 g/mol. The number of anilines is 1. The van der Waals surface area contributed by atoms with Crippen molar-refractivity contribution in [3.63, 3.8) is 0 Å². The Morgan fingerprint density at radius 3 is 2.88 bits per heavy atom. The van der Waals surface area contributed by atoms with Crippen LogP contribution >= 0.6 is 0 Å². The number of aromatic nitrogens is 2. The number of nitrogen functional groups attached to an aromatic ring is 1. The van der Waals surface area contributed by atoms with E-state index in [2.05, 4.69) is 4.98 Å². The number of rotatable bonds is 2. The maximum Gasteiger partial charge on any atom is 0.351 e. The van der Waals surface area contributed by atoms with E-state index in [1.165, 1.54) is 16.8 Å². The maximum absolute atomic E-state index is 11.6. The van der Waals surface area contributed by atoms with E-state index in [1.54, 1.807) is 6.92 Å². The molecule has 0 saturated carbocycles. The third-order valence-corrected chi connectivity index (χ3v) is 3.04. The van der Waals surface area contributed by atoms with Gasteiger partial charge < -0.3 is 20.7 Å². The summed E-state index contributed by atoms with van der Waals surface area (Å²) >= 11 is 0. The van der Waals surface area contributed by atoms with E-state index in [1.807, 2.05) is 0 Å². The van der Waals surface area contributed by atoms with Gasteiger partial charge in [0, 0.05) is 12.1 Å². The van der Waals surface area contributed by atoms with Crippen molar-refractivity contribution in [1.82, 2.24) is 9.55 Å². The molecule has 17 heavy (non-hydrogen) atoms. The first-order chi connectivity index (χ1) is 8.04. The van der Waals surface area contributed by atoms with Crippen molar-refractivity contribution in [3.05, 3.63) is 22.7 Å². The summed E-state index contributed by atoms with van der Waals surface area (Å²) in [6, 6.07) is 1.45. The van der Waals surface area contributed by atoms with E-state index in [9.17, 15) is 9.90 Å². The molecule has 4 atom stereocenters. The number of hydrogen-bond donors (Lipinski definition) is 3. The second-order valence-corrected chi connectivity index (χ2v) is 4.14. The third kappa shape index (κ3) is 2.04. The number of ether oxygens (including phenoxy) is 1. The van der Waals surface area contributed by atoms with Gasteiger partial charge in [0.25, 0.3) is 0 Å². The fourth-order valence-corrected chi connectivity index (χ4v) is 1.92. The molecule has 0 spiro atoms. The number of hydrogen-bond acceptors (Lipinski definition) is 6. The van der Waals surface area contributed by atoms with Gasteiger partial charge in [-0.05, 0) is 6.07 Å². The summed E-state index contributed by atoms with van der Waals surface area (Å²) in [5.74, 6) is -0.139. The van der Waals surface area contributed by atoms with Gasteiger partial charge in [0.05, 0.1) is 12.7 Å². The molecular formula is C10H15N3O4. The van der Waals surface area contributed by atoms with E-state index < -0.39 is 24.1 Å². The van der Waals surface area contributed by atoms with E-state index in [0.29, 0.717) is 0 Å². The molecule has 2 heterocycles. The third-order valence-electron chi connectivity index (χ3n) is 3.04. The minimum absolute atomic E-state index is 0.116. The van der Waals surface area contributed by atoms with Gasteiger partial charge in [0.2, 0.25) is 0 Å². The molecule has 94 valence electrons. The van der Waals surface area contributed by atoms with E-state index in [4.69, 9.17) is 15.6 Å². The first-order valence-electron chi connectivity index (χ1n) is 5.33. The van der Waals surface area contributed by atoms with Crippen molar-refractivity contribution in [3.8, 4) is 0 Å². The number of nitrogens with two attached hydrogens (primary N) is 1. The Labute approximate surface area is 97.5 Å². The highest BCUT2D eigenvalue weighted by Gasteiger charge is 2.41. The van der Waals surface area contributed by atoms with Crippen LogP contribution in [0.2, 0.25) is 0 Å². The number of aliphatic hydroxyl groups excluding tert-OH is 2. The summed E-state index contributed by atoms with van der Waals surface area (Å²) in [6.07, 6.45) is -0.761. The van der Waals surface area contributed by atoms with E-state index in [-0.39, 0.29) is 18.3 Å². The van der Waals surface area contributed by atoms with Gasteiger partial charge in [-0.25, -0.2) is 4.79 Å². The van der Waals surface area contributed by atoms with Crippen LogP contribution in [0.1, 0.15) is 13.2 Å². The van der Waals surface area contributed by atoms with Crippen molar-refractivity contribution in [1.29, 1.82) is 0 Å². The molecule has 1 unspecified atom stereocenters. The Kier molecular flexibility index (Phi) is 3.14. The summed E-state index contributed by atoms with van der Waals surface area (Å²) in [5.41, 5.74) is 4.79. The predicted molar refractivity (Wildman–Crippen MR) is 59.1 cm³/mol. The van der Waals surface area contributed by atoms with Crippen molar-refractivity contribution in [2.24, 2.45) is 5.92 Å². The molecule has 1 fully saturated rings. The molecule has 0 bridgehead atoms. The van der Waals surface area contributed by atoms with Crippen LogP contribution in [0.15, 0.2) is 17.1 Å². The fraction of sp³-hybridized carbons (Fsp3) is 0.600. The van der Waals surface area contributed by atoms with Crippen LogP contribution in [0.3, 0.4) is 0 Å². The van der Waals surface area contributed by atoms with Crippen molar-refractivity contribution in [2.45, 2.75) is 25.4 Å². The van der Waals surface area contributed by atoms with Crippen molar-refractivity contribution in [2.75, 3.05) is 12.3 Å². The summed E-state index contributed by atoms with van der Waals surface area (Å²) in [7, 11) is 0. The molecule has 2 rings (SSSR count). The van der Waals surface area contributed by atoms with Gasteiger partial charge in [-0.15, -0.1) is 0 Å². The average Bonchev–Trinajstić information content (AvgIpc) is 2.57. The molecule has 0 aromatic carbocycles. The zero-order chi connectivity index (χ0) is 12.6. The molecule has 1 aromatic heterocycles. The SMILES string of the molecule is C[C@@H]1C(CO)O[C@@H](n2ccc(N)nc2=O)[C@H]1O. The van der Waals surface area contributed by atoms with E-state index >= 15 is 0 Å². The van der Waals surface area contributed by atoms with Crippen LogP contribution in [0.5, 0.6) is 0 Å². The van der Waals surface area contributed by atoms with Crippen LogP contribution in [-0.4, -0.2) is 38.6 Å². The molecule has 7 heteroatoms. The lowest BCUT2D eigenvalue weighted by molar-refractivity contribution is -0.0533. The van der Waals surface area contributed by atoms with Gasteiger partial charge in [0.1, 0.15) is 11.9 Å². The normalized spacial score (nSPS) is 32.9. The lowest BCUT2D eigenvalue weighted by atomic mass is 10.0. The fourth-order valence-electron chi connectivity index (χ4n) is 1.92. The van der Waals surface area contributed by atoms with Gasteiger partial charge in [0.15, 0.2) is 6.23 Å². The van der Waals surface area contributed by atoms with Crippen LogP contribution in [-0.2, 0) is 4.74 Å². The van der Waals surface area contributed by atoms with Crippen LogP contribution < -0.4 is 11.4 Å². The molecule has 1 aliphatic rings. The van der Waals surface area contributed by atoms with Crippen LogP contribution in [0, 0.1) is 5.92 Å². The zero-order valence-corrected chi connectivity index (χ0v) is 9.35. The Bertz CT molecular complexity index is 461. The summed E-state index contributed by atoms with van der Waals surface area (Å²) < 4.78 is 6.60. The largest absolute Gasteiger partial charge is 0.394 e. The molecule has 1 saturated heterocycles. The van der Waals surface area contributed by atoms with Gasteiger partial charge in [-0.2, -0.15) is 4.98 Å². The highest BCUT2D eigenvalue weighted by atomic mass is 16.5. The quantitative estimate of drug-likeness (QED) is 0.594. The molecule has 0 amide bonds. The average molecular weight is 241 g/mol. The number of nitrogens with zero attached hydrogens (tertiary/aromatic N) is 2. The molecular weight excluding hydrogens is 226 g/mol. The first-order valence-corrected chi connectivity index (χ1v) is 5.33. The Balaban J connectivity index is 2.32. The molecule has 7 nitrogen and oxygen atoms in total. The van der Waals surface area contributed by atoms with Crippen LogP contribution in [0.4, 0.5) is 5.82 Å². The smallest absolute Gasteiger partial charge is 0.351 e. The molecule has 4 N–H and O–H groups in total. The minimum atomic E-state index is -0.865. The Morgan fingerprint density at radius 2 is 2.35 bits per heavy atom. The zero-order valence-electron chi connectivity index (χ0n) is 9.35. The lowest BCUT2D eigenvalue weighted by Gasteiger charge is -2.17. The predicted octanol–water partition coefficient (Wildman–Crippen LogP) is -1.29. The van der Waals surface area contributed by atoms with Gasteiger partial charge in [-0.1, -0.05) is 6.92 Å². The lowest BCUT2D eigenvalue weighted by Crippen LogP contribution is -2.33.